The molecule has 2 aliphatic rings. The van der Waals surface area contributed by atoms with Crippen molar-refractivity contribution in [2.75, 3.05) is 29.2 Å². The quantitative estimate of drug-likeness (QED) is 0.640. The van der Waals surface area contributed by atoms with Crippen molar-refractivity contribution in [3.8, 4) is 0 Å². The van der Waals surface area contributed by atoms with E-state index >= 15 is 0 Å². The predicted octanol–water partition coefficient (Wildman–Crippen LogP) is 4.13. The minimum absolute atomic E-state index is 0.00478. The minimum Gasteiger partial charge on any atom is -0.462 e. The van der Waals surface area contributed by atoms with Gasteiger partial charge in [-0.05, 0) is 36.6 Å². The molecular weight excluding hydrogens is 462 g/mol. The van der Waals surface area contributed by atoms with Crippen LogP contribution in [0, 0.1) is 0 Å². The number of amides is 1. The number of thiophene rings is 1. The van der Waals surface area contributed by atoms with E-state index in [9.17, 15) is 18.0 Å². The molecule has 160 valence electrons. The molecule has 0 bridgehead atoms. The molecule has 2 aliphatic heterocycles. The summed E-state index contributed by atoms with van der Waals surface area (Å²) in [4.78, 5) is 26.0. The van der Waals surface area contributed by atoms with Gasteiger partial charge in [-0.25, -0.2) is 13.2 Å². The summed E-state index contributed by atoms with van der Waals surface area (Å²) in [7, 11) is -3.19. The van der Waals surface area contributed by atoms with E-state index in [-0.39, 0.29) is 36.0 Å². The number of hydrogen-bond donors (Lipinski definition) is 1. The Kier molecular flexibility index (Phi) is 6.47. The first-order valence-corrected chi connectivity index (χ1v) is 14.3. The molecule has 0 spiro atoms. The summed E-state index contributed by atoms with van der Waals surface area (Å²) >= 11 is 4.95. The number of anilines is 1. The monoisotopic (exact) mass is 483 g/mol. The SMILES string of the molecule is CCOC(=O)c1c(NC(=O)c2ccc(C3SCCS3)cc2)sc2c1CCS(=O)(=O)C2. The normalized spacial score (nSPS) is 18.0. The number of ether oxygens (including phenoxy) is 1. The molecule has 0 radical (unpaired) electrons. The lowest BCUT2D eigenvalue weighted by Crippen LogP contribution is -2.20. The second-order valence-electron chi connectivity index (χ2n) is 6.92. The van der Waals surface area contributed by atoms with Crippen molar-refractivity contribution in [3.05, 3.63) is 51.4 Å². The zero-order valence-corrected chi connectivity index (χ0v) is 19.6. The number of carbonyl (C=O) groups excluding carboxylic acids is 2. The van der Waals surface area contributed by atoms with Crippen molar-refractivity contribution in [2.24, 2.45) is 0 Å². The molecule has 1 amide bonds. The van der Waals surface area contributed by atoms with Crippen LogP contribution in [0.1, 0.15) is 48.2 Å². The molecular formula is C20H21NO5S4. The molecule has 6 nitrogen and oxygen atoms in total. The van der Waals surface area contributed by atoms with Crippen LogP contribution < -0.4 is 5.32 Å². The van der Waals surface area contributed by atoms with Gasteiger partial charge in [0.15, 0.2) is 9.84 Å². The first-order chi connectivity index (χ1) is 14.4. The number of rotatable bonds is 5. The molecule has 3 heterocycles. The Morgan fingerprint density at radius 3 is 2.53 bits per heavy atom. The van der Waals surface area contributed by atoms with Crippen molar-refractivity contribution >= 4 is 61.6 Å². The van der Waals surface area contributed by atoms with Gasteiger partial charge in [0, 0.05) is 21.9 Å². The van der Waals surface area contributed by atoms with Crippen molar-refractivity contribution in [1.82, 2.24) is 0 Å². The van der Waals surface area contributed by atoms with Crippen LogP contribution in [0.4, 0.5) is 5.00 Å². The lowest BCUT2D eigenvalue weighted by molar-refractivity contribution is 0.0527. The molecule has 0 unspecified atom stereocenters. The maximum atomic E-state index is 12.8. The molecule has 1 aromatic carbocycles. The highest BCUT2D eigenvalue weighted by atomic mass is 32.2. The summed E-state index contributed by atoms with van der Waals surface area (Å²) in [5, 5.41) is 3.17. The fraction of sp³-hybridized carbons (Fsp3) is 0.400. The van der Waals surface area contributed by atoms with E-state index in [1.807, 2.05) is 35.7 Å². The van der Waals surface area contributed by atoms with Crippen LogP contribution in [0.15, 0.2) is 24.3 Å². The molecule has 0 atom stereocenters. The highest BCUT2D eigenvalue weighted by Gasteiger charge is 2.32. The van der Waals surface area contributed by atoms with Crippen molar-refractivity contribution in [2.45, 2.75) is 23.7 Å². The number of carbonyl (C=O) groups is 2. The first kappa shape index (κ1) is 21.7. The Hall–Kier alpha value is -1.49. The van der Waals surface area contributed by atoms with Crippen molar-refractivity contribution in [1.29, 1.82) is 0 Å². The molecule has 0 aliphatic carbocycles. The molecule has 4 rings (SSSR count). The predicted molar refractivity (Wildman–Crippen MR) is 124 cm³/mol. The summed E-state index contributed by atoms with van der Waals surface area (Å²) in [6, 6.07) is 7.49. The summed E-state index contributed by atoms with van der Waals surface area (Å²) in [5.41, 5.74) is 2.63. The van der Waals surface area contributed by atoms with Crippen LogP contribution in [0.25, 0.3) is 0 Å². The molecule has 10 heteroatoms. The van der Waals surface area contributed by atoms with E-state index in [2.05, 4.69) is 5.32 Å². The molecule has 1 aromatic heterocycles. The van der Waals surface area contributed by atoms with Crippen LogP contribution in [0.3, 0.4) is 0 Å². The van der Waals surface area contributed by atoms with Gasteiger partial charge in [0.2, 0.25) is 0 Å². The van der Waals surface area contributed by atoms with Crippen LogP contribution in [0.2, 0.25) is 0 Å². The van der Waals surface area contributed by atoms with E-state index < -0.39 is 15.8 Å². The smallest absolute Gasteiger partial charge is 0.341 e. The molecule has 1 saturated heterocycles. The van der Waals surface area contributed by atoms with Gasteiger partial charge >= 0.3 is 5.97 Å². The Bertz CT molecular complexity index is 1070. The van der Waals surface area contributed by atoms with Gasteiger partial charge in [-0.2, -0.15) is 0 Å². The van der Waals surface area contributed by atoms with E-state index in [1.165, 1.54) is 5.56 Å². The van der Waals surface area contributed by atoms with E-state index in [0.717, 1.165) is 22.8 Å². The zero-order valence-electron chi connectivity index (χ0n) is 16.3. The molecule has 30 heavy (non-hydrogen) atoms. The fourth-order valence-corrected chi connectivity index (χ4v) is 9.34. The summed E-state index contributed by atoms with van der Waals surface area (Å²) in [5.74, 6) is 1.28. The van der Waals surface area contributed by atoms with E-state index in [4.69, 9.17) is 4.74 Å². The maximum Gasteiger partial charge on any atom is 0.341 e. The Morgan fingerprint density at radius 2 is 1.87 bits per heavy atom. The molecule has 1 fully saturated rings. The third kappa shape index (κ3) is 4.56. The van der Waals surface area contributed by atoms with Gasteiger partial charge in [-0.15, -0.1) is 34.9 Å². The third-order valence-electron chi connectivity index (χ3n) is 4.88. The second-order valence-corrected chi connectivity index (χ2v) is 12.9. The summed E-state index contributed by atoms with van der Waals surface area (Å²) in [6.45, 7) is 1.91. The summed E-state index contributed by atoms with van der Waals surface area (Å²) < 4.78 is 29.6. The Morgan fingerprint density at radius 1 is 1.17 bits per heavy atom. The van der Waals surface area contributed by atoms with Gasteiger partial charge in [0.25, 0.3) is 5.91 Å². The molecule has 1 N–H and O–H groups in total. The average Bonchev–Trinajstić information content (AvgIpc) is 3.35. The zero-order chi connectivity index (χ0) is 21.3. The van der Waals surface area contributed by atoms with Crippen LogP contribution in [-0.2, 0) is 26.7 Å². The number of esters is 1. The number of nitrogens with one attached hydrogen (secondary N) is 1. The second kappa shape index (κ2) is 8.94. The van der Waals surface area contributed by atoms with E-state index in [1.54, 1.807) is 19.1 Å². The van der Waals surface area contributed by atoms with E-state index in [0.29, 0.717) is 25.6 Å². The van der Waals surface area contributed by atoms with Crippen LogP contribution in [0.5, 0.6) is 0 Å². The highest BCUT2D eigenvalue weighted by molar-refractivity contribution is 8.19. The Balaban J connectivity index is 1.59. The number of thioether (sulfide) groups is 2. The maximum absolute atomic E-state index is 12.8. The lowest BCUT2D eigenvalue weighted by atomic mass is 10.1. The molecule has 0 saturated carbocycles. The summed E-state index contributed by atoms with van der Waals surface area (Å²) in [6.07, 6.45) is 0.254. The van der Waals surface area contributed by atoms with Gasteiger partial charge in [-0.1, -0.05) is 12.1 Å². The lowest BCUT2D eigenvalue weighted by Gasteiger charge is -2.13. The van der Waals surface area contributed by atoms with Gasteiger partial charge < -0.3 is 10.1 Å². The standard InChI is InChI=1S/C20H21NO5S4/c1-2-26-19(23)16-14-7-10-30(24,25)11-15(14)29-18(16)21-17(22)12-3-5-13(6-4-12)20-27-8-9-28-20/h3-6,20H,2,7-11H2,1H3,(H,21,22). The first-order valence-electron chi connectivity index (χ1n) is 9.54. The third-order valence-corrected chi connectivity index (χ3v) is 10.9. The van der Waals surface area contributed by atoms with Gasteiger partial charge in [-0.3, -0.25) is 4.79 Å². The molecule has 2 aromatic rings. The van der Waals surface area contributed by atoms with Crippen molar-refractivity contribution < 1.29 is 22.7 Å². The fourth-order valence-electron chi connectivity index (χ4n) is 3.45. The minimum atomic E-state index is -3.19. The van der Waals surface area contributed by atoms with Crippen LogP contribution in [-0.4, -0.2) is 44.2 Å². The highest BCUT2D eigenvalue weighted by Crippen LogP contribution is 2.45. The number of benzene rings is 1. The number of fused-ring (bicyclic) bond motifs is 1. The van der Waals surface area contributed by atoms with Gasteiger partial charge in [0.05, 0.1) is 28.3 Å². The van der Waals surface area contributed by atoms with Crippen molar-refractivity contribution in [3.63, 3.8) is 0 Å². The van der Waals surface area contributed by atoms with Gasteiger partial charge in [0.1, 0.15) is 5.00 Å². The largest absolute Gasteiger partial charge is 0.462 e. The number of sulfone groups is 1. The topological polar surface area (TPSA) is 89.5 Å². The number of hydrogen-bond acceptors (Lipinski definition) is 8. The van der Waals surface area contributed by atoms with Crippen LogP contribution >= 0.6 is 34.9 Å². The Labute approximate surface area is 188 Å². The average molecular weight is 484 g/mol.